The second kappa shape index (κ2) is 8.26. The molecule has 3 aliphatic heterocycles. The Bertz CT molecular complexity index is 426. The molecule has 0 spiro atoms. The first-order chi connectivity index (χ1) is 10.2. The van der Waals surface area contributed by atoms with E-state index >= 15 is 0 Å². The fraction of sp³-hybridized carbons (Fsp3) is 1.00. The average molecular weight is 353 g/mol. The van der Waals surface area contributed by atoms with Crippen LogP contribution in [0.3, 0.4) is 0 Å². The zero-order valence-electron chi connectivity index (χ0n) is 13.2. The maximum absolute atomic E-state index is 12.7. The zero-order valence-corrected chi connectivity index (χ0v) is 14.9. The van der Waals surface area contributed by atoms with Crippen molar-refractivity contribution in [3.05, 3.63) is 0 Å². The molecule has 0 bridgehead atoms. The number of halogens is 1. The van der Waals surface area contributed by atoms with E-state index in [1.54, 1.807) is 8.61 Å². The molecule has 3 rings (SSSR count). The SMILES string of the molecule is Cl.O=S(=O)(N1CCCCCC1)N1CCN(C2CCNC2)CC1. The standard InChI is InChI=1S/C14H28N4O2S.ClH/c19-21(20,17-7-3-1-2-4-8-17)18-11-9-16(10-12-18)14-5-6-15-13-14;/h14-15H,1-13H2;1H. The van der Waals surface area contributed by atoms with Gasteiger partial charge in [0.15, 0.2) is 0 Å². The molecule has 0 aliphatic carbocycles. The highest BCUT2D eigenvalue weighted by Crippen LogP contribution is 2.19. The van der Waals surface area contributed by atoms with E-state index in [-0.39, 0.29) is 12.4 Å². The lowest BCUT2D eigenvalue weighted by molar-refractivity contribution is 0.141. The largest absolute Gasteiger partial charge is 0.315 e. The molecule has 1 N–H and O–H groups in total. The molecule has 0 aromatic heterocycles. The lowest BCUT2D eigenvalue weighted by Gasteiger charge is -2.38. The smallest absolute Gasteiger partial charge is 0.282 e. The third-order valence-corrected chi connectivity index (χ3v) is 7.08. The van der Waals surface area contributed by atoms with Crippen molar-refractivity contribution in [1.82, 2.24) is 18.8 Å². The Kier molecular flexibility index (Phi) is 6.91. The van der Waals surface area contributed by atoms with Crippen LogP contribution in [-0.2, 0) is 10.2 Å². The highest BCUT2D eigenvalue weighted by atomic mass is 35.5. The molecule has 0 aromatic carbocycles. The third kappa shape index (κ3) is 4.13. The molecule has 130 valence electrons. The monoisotopic (exact) mass is 352 g/mol. The van der Waals surface area contributed by atoms with Gasteiger partial charge in [-0.3, -0.25) is 4.90 Å². The lowest BCUT2D eigenvalue weighted by atomic mass is 10.2. The molecule has 3 aliphatic rings. The minimum Gasteiger partial charge on any atom is -0.315 e. The van der Waals surface area contributed by atoms with Gasteiger partial charge in [0.25, 0.3) is 10.2 Å². The van der Waals surface area contributed by atoms with E-state index in [1.807, 2.05) is 0 Å². The molecule has 0 amide bonds. The van der Waals surface area contributed by atoms with Crippen LogP contribution in [0.5, 0.6) is 0 Å². The minimum absolute atomic E-state index is 0. The normalized spacial score (nSPS) is 29.9. The molecule has 0 aromatic rings. The van der Waals surface area contributed by atoms with E-state index in [1.165, 1.54) is 6.42 Å². The van der Waals surface area contributed by atoms with Gasteiger partial charge in [-0.25, -0.2) is 0 Å². The molecule has 3 saturated heterocycles. The summed E-state index contributed by atoms with van der Waals surface area (Å²) in [5, 5.41) is 3.39. The van der Waals surface area contributed by atoms with Crippen LogP contribution in [0.25, 0.3) is 0 Å². The van der Waals surface area contributed by atoms with Gasteiger partial charge in [0, 0.05) is 51.9 Å². The van der Waals surface area contributed by atoms with Crippen molar-refractivity contribution in [2.24, 2.45) is 0 Å². The van der Waals surface area contributed by atoms with E-state index in [4.69, 9.17) is 0 Å². The molecule has 22 heavy (non-hydrogen) atoms. The predicted molar refractivity (Wildman–Crippen MR) is 90.6 cm³/mol. The summed E-state index contributed by atoms with van der Waals surface area (Å²) in [4.78, 5) is 2.45. The number of rotatable bonds is 3. The fourth-order valence-corrected chi connectivity index (χ4v) is 5.36. The van der Waals surface area contributed by atoms with Crippen molar-refractivity contribution in [3.63, 3.8) is 0 Å². The molecular formula is C14H29ClN4O2S. The highest BCUT2D eigenvalue weighted by Gasteiger charge is 2.34. The van der Waals surface area contributed by atoms with Crippen LogP contribution >= 0.6 is 12.4 Å². The molecule has 1 unspecified atom stereocenters. The number of hydrogen-bond donors (Lipinski definition) is 1. The minimum atomic E-state index is -3.23. The summed E-state index contributed by atoms with van der Waals surface area (Å²) in [6.45, 7) is 6.60. The van der Waals surface area contributed by atoms with E-state index in [0.29, 0.717) is 32.2 Å². The lowest BCUT2D eigenvalue weighted by Crippen LogP contribution is -2.55. The summed E-state index contributed by atoms with van der Waals surface area (Å²) < 4.78 is 28.9. The number of nitrogens with one attached hydrogen (secondary N) is 1. The summed E-state index contributed by atoms with van der Waals surface area (Å²) in [6, 6.07) is 0.605. The Balaban J connectivity index is 0.00000176. The summed E-state index contributed by atoms with van der Waals surface area (Å²) in [7, 11) is -3.23. The Morgan fingerprint density at radius 3 is 1.95 bits per heavy atom. The third-order valence-electron chi connectivity index (χ3n) is 5.04. The van der Waals surface area contributed by atoms with Gasteiger partial charge in [-0.1, -0.05) is 12.8 Å². The van der Waals surface area contributed by atoms with Crippen molar-refractivity contribution in [1.29, 1.82) is 0 Å². The fourth-order valence-electron chi connectivity index (χ4n) is 3.69. The van der Waals surface area contributed by atoms with E-state index < -0.39 is 10.2 Å². The first-order valence-corrected chi connectivity index (χ1v) is 9.77. The van der Waals surface area contributed by atoms with E-state index in [2.05, 4.69) is 10.2 Å². The zero-order chi connectivity index (χ0) is 14.7. The van der Waals surface area contributed by atoms with Gasteiger partial charge in [0.2, 0.25) is 0 Å². The molecule has 0 radical (unpaired) electrons. The summed E-state index contributed by atoms with van der Waals surface area (Å²) in [6.07, 6.45) is 5.53. The Hall–Kier alpha value is 0.0800. The molecule has 1 atom stereocenters. The number of hydrogen-bond acceptors (Lipinski definition) is 4. The topological polar surface area (TPSA) is 55.9 Å². The number of piperazine rings is 1. The van der Waals surface area contributed by atoms with Crippen molar-refractivity contribution >= 4 is 22.6 Å². The van der Waals surface area contributed by atoms with Crippen LogP contribution in [0.15, 0.2) is 0 Å². The molecule has 3 fully saturated rings. The van der Waals surface area contributed by atoms with Gasteiger partial charge in [0.1, 0.15) is 0 Å². The maximum atomic E-state index is 12.7. The second-order valence-corrected chi connectivity index (χ2v) is 8.33. The predicted octanol–water partition coefficient (Wildman–Crippen LogP) is 0.509. The van der Waals surface area contributed by atoms with Crippen LogP contribution in [0.1, 0.15) is 32.1 Å². The Morgan fingerprint density at radius 2 is 1.41 bits per heavy atom. The van der Waals surface area contributed by atoms with Crippen molar-refractivity contribution in [2.45, 2.75) is 38.1 Å². The maximum Gasteiger partial charge on any atom is 0.282 e. The van der Waals surface area contributed by atoms with Gasteiger partial charge in [0.05, 0.1) is 0 Å². The highest BCUT2D eigenvalue weighted by molar-refractivity contribution is 7.86. The van der Waals surface area contributed by atoms with Gasteiger partial charge < -0.3 is 5.32 Å². The van der Waals surface area contributed by atoms with Crippen LogP contribution in [-0.4, -0.2) is 80.3 Å². The van der Waals surface area contributed by atoms with Crippen LogP contribution in [0.4, 0.5) is 0 Å². The van der Waals surface area contributed by atoms with Crippen molar-refractivity contribution in [2.75, 3.05) is 52.4 Å². The first kappa shape index (κ1) is 18.4. The average Bonchev–Trinajstić information content (AvgIpc) is 2.89. The van der Waals surface area contributed by atoms with Crippen LogP contribution in [0, 0.1) is 0 Å². The molecule has 3 heterocycles. The molecule has 6 nitrogen and oxygen atoms in total. The molecular weight excluding hydrogens is 324 g/mol. The molecule has 8 heteroatoms. The summed E-state index contributed by atoms with van der Waals surface area (Å²) in [5.74, 6) is 0. The van der Waals surface area contributed by atoms with Crippen LogP contribution < -0.4 is 5.32 Å². The summed E-state index contributed by atoms with van der Waals surface area (Å²) >= 11 is 0. The first-order valence-electron chi connectivity index (χ1n) is 8.38. The molecule has 0 saturated carbocycles. The Morgan fingerprint density at radius 1 is 0.818 bits per heavy atom. The van der Waals surface area contributed by atoms with Gasteiger partial charge in [-0.05, 0) is 25.8 Å². The van der Waals surface area contributed by atoms with Gasteiger partial charge >= 0.3 is 0 Å². The van der Waals surface area contributed by atoms with Crippen molar-refractivity contribution in [3.8, 4) is 0 Å². The summed E-state index contributed by atoms with van der Waals surface area (Å²) in [5.41, 5.74) is 0. The number of nitrogens with zero attached hydrogens (tertiary/aromatic N) is 3. The van der Waals surface area contributed by atoms with Crippen molar-refractivity contribution < 1.29 is 8.42 Å². The quantitative estimate of drug-likeness (QED) is 0.804. The Labute approximate surface area is 140 Å². The van der Waals surface area contributed by atoms with Gasteiger partial charge in [-0.15, -0.1) is 12.4 Å². The second-order valence-electron chi connectivity index (χ2n) is 6.40. The van der Waals surface area contributed by atoms with E-state index in [0.717, 1.165) is 51.9 Å². The van der Waals surface area contributed by atoms with Crippen LogP contribution in [0.2, 0.25) is 0 Å². The van der Waals surface area contributed by atoms with Gasteiger partial charge in [-0.2, -0.15) is 17.0 Å². The van der Waals surface area contributed by atoms with E-state index in [9.17, 15) is 8.42 Å².